The van der Waals surface area contributed by atoms with Crippen LogP contribution in [0.1, 0.15) is 20.3 Å². The van der Waals surface area contributed by atoms with Crippen molar-refractivity contribution < 1.29 is 0 Å². The van der Waals surface area contributed by atoms with Gasteiger partial charge in [0.25, 0.3) is 0 Å². The highest BCUT2D eigenvalue weighted by molar-refractivity contribution is 4.93. The minimum atomic E-state index is 0.161. The molecule has 4 heteroatoms. The third-order valence-electron chi connectivity index (χ3n) is 3.46. The average molecular weight is 212 g/mol. The van der Waals surface area contributed by atoms with E-state index >= 15 is 0 Å². The van der Waals surface area contributed by atoms with Crippen molar-refractivity contribution in [3.63, 3.8) is 0 Å². The zero-order valence-corrected chi connectivity index (χ0v) is 9.87. The molecule has 2 fully saturated rings. The summed E-state index contributed by atoms with van der Waals surface area (Å²) in [5.74, 6) is 0.765. The Morgan fingerprint density at radius 1 is 1.33 bits per heavy atom. The molecule has 88 valence electrons. The minimum absolute atomic E-state index is 0.161. The first kappa shape index (κ1) is 11.3. The summed E-state index contributed by atoms with van der Waals surface area (Å²) in [6.45, 7) is 8.86. The second-order valence-electron chi connectivity index (χ2n) is 5.31. The van der Waals surface area contributed by atoms with Crippen molar-refractivity contribution in [2.24, 2.45) is 11.7 Å². The lowest BCUT2D eigenvalue weighted by atomic mass is 9.97. The lowest BCUT2D eigenvalue weighted by Crippen LogP contribution is -2.68. The molecule has 15 heavy (non-hydrogen) atoms. The highest BCUT2D eigenvalue weighted by atomic mass is 15.3. The Hall–Kier alpha value is -0.160. The molecule has 0 aliphatic carbocycles. The minimum Gasteiger partial charge on any atom is -0.315 e. The topological polar surface area (TPSA) is 53.3 Å². The molecule has 2 aliphatic rings. The van der Waals surface area contributed by atoms with Crippen molar-refractivity contribution in [2.45, 2.75) is 38.5 Å². The average Bonchev–Trinajstić information content (AvgIpc) is 2.18. The lowest BCUT2D eigenvalue weighted by Gasteiger charge is -2.47. The molecular formula is C11H24N4. The predicted octanol–water partition coefficient (Wildman–Crippen LogP) is -0.437. The van der Waals surface area contributed by atoms with E-state index in [1.165, 1.54) is 6.42 Å². The van der Waals surface area contributed by atoms with Gasteiger partial charge in [0.1, 0.15) is 0 Å². The normalized spacial score (nSPS) is 38.0. The van der Waals surface area contributed by atoms with Gasteiger partial charge in [-0.15, -0.1) is 0 Å². The molecule has 0 aromatic rings. The molecule has 3 atom stereocenters. The van der Waals surface area contributed by atoms with Crippen LogP contribution in [-0.4, -0.2) is 49.3 Å². The molecule has 0 bridgehead atoms. The van der Waals surface area contributed by atoms with Gasteiger partial charge in [0.15, 0.2) is 0 Å². The number of fused-ring (bicyclic) bond motifs is 1. The molecule has 2 aliphatic heterocycles. The van der Waals surface area contributed by atoms with Crippen molar-refractivity contribution in [1.29, 1.82) is 0 Å². The number of hydrogen-bond acceptors (Lipinski definition) is 4. The molecule has 0 saturated carbocycles. The Morgan fingerprint density at radius 3 is 2.87 bits per heavy atom. The molecule has 2 saturated heterocycles. The third kappa shape index (κ3) is 2.69. The summed E-state index contributed by atoms with van der Waals surface area (Å²) in [5, 5.41) is 6.88. The summed E-state index contributed by atoms with van der Waals surface area (Å²) < 4.78 is 0. The van der Waals surface area contributed by atoms with E-state index in [1.807, 2.05) is 0 Å². The first-order chi connectivity index (χ1) is 7.16. The summed E-state index contributed by atoms with van der Waals surface area (Å²) in [6.07, 6.45) is 1.44. The van der Waals surface area contributed by atoms with E-state index < -0.39 is 0 Å². The fraction of sp³-hybridized carbons (Fsp3) is 1.00. The van der Waals surface area contributed by atoms with E-state index in [4.69, 9.17) is 5.73 Å². The highest BCUT2D eigenvalue weighted by Crippen LogP contribution is 2.18. The van der Waals surface area contributed by atoms with Crippen LogP contribution < -0.4 is 16.4 Å². The molecule has 2 rings (SSSR count). The van der Waals surface area contributed by atoms with Crippen LogP contribution in [0.2, 0.25) is 0 Å². The molecular weight excluding hydrogens is 188 g/mol. The molecule has 4 nitrogen and oxygen atoms in total. The fourth-order valence-electron chi connectivity index (χ4n) is 2.78. The Bertz CT molecular complexity index is 207. The van der Waals surface area contributed by atoms with Gasteiger partial charge in [-0.2, -0.15) is 0 Å². The van der Waals surface area contributed by atoms with E-state index in [1.54, 1.807) is 0 Å². The number of hydrogen-bond donors (Lipinski definition) is 3. The molecule has 0 spiro atoms. The lowest BCUT2D eigenvalue weighted by molar-refractivity contribution is 0.0458. The predicted molar refractivity (Wildman–Crippen MR) is 62.6 cm³/mol. The molecule has 0 aromatic carbocycles. The van der Waals surface area contributed by atoms with Gasteiger partial charge < -0.3 is 11.1 Å². The SMILES string of the molecule is CC(C)CC1CNCC2CNC(N)CN21. The van der Waals surface area contributed by atoms with Gasteiger partial charge >= 0.3 is 0 Å². The maximum absolute atomic E-state index is 5.96. The largest absolute Gasteiger partial charge is 0.315 e. The molecule has 0 radical (unpaired) electrons. The summed E-state index contributed by atoms with van der Waals surface area (Å²) in [5.41, 5.74) is 5.96. The van der Waals surface area contributed by atoms with Gasteiger partial charge in [0.05, 0.1) is 6.17 Å². The van der Waals surface area contributed by atoms with Gasteiger partial charge in [-0.05, 0) is 12.3 Å². The van der Waals surface area contributed by atoms with Crippen LogP contribution in [0.25, 0.3) is 0 Å². The Morgan fingerprint density at radius 2 is 2.13 bits per heavy atom. The molecule has 0 aromatic heterocycles. The number of nitrogens with two attached hydrogens (primary N) is 1. The first-order valence-corrected chi connectivity index (χ1v) is 6.12. The van der Waals surface area contributed by atoms with Gasteiger partial charge in [0, 0.05) is 38.3 Å². The quantitative estimate of drug-likeness (QED) is 0.581. The van der Waals surface area contributed by atoms with Crippen LogP contribution >= 0.6 is 0 Å². The zero-order chi connectivity index (χ0) is 10.8. The second kappa shape index (κ2) is 4.78. The summed E-state index contributed by atoms with van der Waals surface area (Å²) in [4.78, 5) is 2.61. The standard InChI is InChI=1S/C11H24N4/c1-8(2)3-9-4-13-5-10-6-14-11(12)7-15(9)10/h8-11,13-14H,3-7,12H2,1-2H3. The third-order valence-corrected chi connectivity index (χ3v) is 3.46. The molecule has 4 N–H and O–H groups in total. The van der Waals surface area contributed by atoms with E-state index in [9.17, 15) is 0 Å². The maximum Gasteiger partial charge on any atom is 0.0678 e. The Labute approximate surface area is 92.6 Å². The number of nitrogens with one attached hydrogen (secondary N) is 2. The smallest absolute Gasteiger partial charge is 0.0678 e. The number of rotatable bonds is 2. The van der Waals surface area contributed by atoms with Crippen LogP contribution in [0.4, 0.5) is 0 Å². The fourth-order valence-corrected chi connectivity index (χ4v) is 2.78. The zero-order valence-electron chi connectivity index (χ0n) is 9.87. The van der Waals surface area contributed by atoms with Crippen molar-refractivity contribution in [2.75, 3.05) is 26.2 Å². The van der Waals surface area contributed by atoms with E-state index in [2.05, 4.69) is 29.4 Å². The van der Waals surface area contributed by atoms with Gasteiger partial charge in [0.2, 0.25) is 0 Å². The summed E-state index contributed by atoms with van der Waals surface area (Å²) in [7, 11) is 0. The summed E-state index contributed by atoms with van der Waals surface area (Å²) >= 11 is 0. The summed E-state index contributed by atoms with van der Waals surface area (Å²) in [6, 6.07) is 1.32. The maximum atomic E-state index is 5.96. The highest BCUT2D eigenvalue weighted by Gasteiger charge is 2.34. The molecule has 2 heterocycles. The van der Waals surface area contributed by atoms with Crippen LogP contribution in [0.3, 0.4) is 0 Å². The Kier molecular flexibility index (Phi) is 3.61. The van der Waals surface area contributed by atoms with Crippen LogP contribution in [0.5, 0.6) is 0 Å². The second-order valence-corrected chi connectivity index (χ2v) is 5.31. The number of nitrogens with zero attached hydrogens (tertiary/aromatic N) is 1. The van der Waals surface area contributed by atoms with Gasteiger partial charge in [-0.1, -0.05) is 13.8 Å². The number of piperazine rings is 2. The van der Waals surface area contributed by atoms with Crippen molar-refractivity contribution in [1.82, 2.24) is 15.5 Å². The first-order valence-electron chi connectivity index (χ1n) is 6.12. The van der Waals surface area contributed by atoms with Crippen molar-refractivity contribution in [3.05, 3.63) is 0 Å². The van der Waals surface area contributed by atoms with Gasteiger partial charge in [-0.25, -0.2) is 0 Å². The monoisotopic (exact) mass is 212 g/mol. The van der Waals surface area contributed by atoms with E-state index in [0.717, 1.165) is 32.1 Å². The van der Waals surface area contributed by atoms with Crippen molar-refractivity contribution >= 4 is 0 Å². The molecule has 0 amide bonds. The van der Waals surface area contributed by atoms with Crippen LogP contribution in [0.15, 0.2) is 0 Å². The van der Waals surface area contributed by atoms with E-state index in [0.29, 0.717) is 12.1 Å². The molecule has 3 unspecified atom stereocenters. The van der Waals surface area contributed by atoms with Crippen molar-refractivity contribution in [3.8, 4) is 0 Å². The van der Waals surface area contributed by atoms with Gasteiger partial charge in [-0.3, -0.25) is 10.2 Å². The van der Waals surface area contributed by atoms with E-state index in [-0.39, 0.29) is 6.17 Å². The Balaban J connectivity index is 1.97. The van der Waals surface area contributed by atoms with Crippen LogP contribution in [-0.2, 0) is 0 Å². The van der Waals surface area contributed by atoms with Crippen LogP contribution in [0, 0.1) is 5.92 Å².